The van der Waals surface area contributed by atoms with Gasteiger partial charge in [0, 0.05) is 13.1 Å². The molecular formula is C4H9NOS2. The summed E-state index contributed by atoms with van der Waals surface area (Å²) in [4.78, 5) is 0. The molecule has 48 valence electrons. The minimum Gasteiger partial charge on any atom is -0.392 e. The number of β-amino-alcohol motifs (C(OH)–C–C–N with tert-alkyl or cyclic N) is 1. The fourth-order valence-electron chi connectivity index (χ4n) is 0.785. The summed E-state index contributed by atoms with van der Waals surface area (Å²) in [5.41, 5.74) is 0. The summed E-state index contributed by atoms with van der Waals surface area (Å²) in [6.45, 7) is 1.74. The highest BCUT2D eigenvalue weighted by molar-refractivity contribution is 8.67. The van der Waals surface area contributed by atoms with Crippen molar-refractivity contribution in [2.45, 2.75) is 12.5 Å². The van der Waals surface area contributed by atoms with E-state index in [1.54, 1.807) is 0 Å². The molecule has 1 atom stereocenters. The number of hydrogen-bond donors (Lipinski definition) is 2. The summed E-state index contributed by atoms with van der Waals surface area (Å²) in [6, 6.07) is 0. The molecule has 0 aliphatic carbocycles. The van der Waals surface area contributed by atoms with E-state index in [1.165, 1.54) is 11.0 Å². The first-order chi connectivity index (χ1) is 3.83. The molecule has 0 aromatic rings. The molecule has 2 nitrogen and oxygen atoms in total. The molecule has 0 radical (unpaired) electrons. The Morgan fingerprint density at radius 2 is 2.50 bits per heavy atom. The quantitative estimate of drug-likeness (QED) is 0.325. The van der Waals surface area contributed by atoms with E-state index >= 15 is 0 Å². The zero-order valence-corrected chi connectivity index (χ0v) is 6.16. The van der Waals surface area contributed by atoms with Gasteiger partial charge in [-0.1, -0.05) is 11.7 Å². The Kier molecular flexibility index (Phi) is 2.49. The summed E-state index contributed by atoms with van der Waals surface area (Å²) >= 11 is 3.99. The van der Waals surface area contributed by atoms with Gasteiger partial charge < -0.3 is 5.11 Å². The third-order valence-electron chi connectivity index (χ3n) is 1.24. The fraction of sp³-hybridized carbons (Fsp3) is 1.00. The van der Waals surface area contributed by atoms with Crippen molar-refractivity contribution in [1.82, 2.24) is 4.31 Å². The highest BCUT2D eigenvalue weighted by atomic mass is 33.1. The van der Waals surface area contributed by atoms with Crippen LogP contribution in [0.1, 0.15) is 6.42 Å². The van der Waals surface area contributed by atoms with Crippen molar-refractivity contribution in [2.75, 3.05) is 13.1 Å². The summed E-state index contributed by atoms with van der Waals surface area (Å²) in [5.74, 6) is 0. The van der Waals surface area contributed by atoms with Crippen LogP contribution in [0.25, 0.3) is 0 Å². The monoisotopic (exact) mass is 151 g/mol. The lowest BCUT2D eigenvalue weighted by Crippen LogP contribution is -2.12. The molecule has 0 amide bonds. The van der Waals surface area contributed by atoms with E-state index < -0.39 is 0 Å². The predicted octanol–water partition coefficient (Wildman–Crippen LogP) is 0.546. The standard InChI is InChI=1S/C4H9NOS2/c6-4-1-2-5(3-4)8-7/h4,6-7H,1-3H2. The normalized spacial score (nSPS) is 31.5. The van der Waals surface area contributed by atoms with Gasteiger partial charge in [0.2, 0.25) is 0 Å². The minimum atomic E-state index is -0.116. The van der Waals surface area contributed by atoms with Crippen LogP contribution in [-0.4, -0.2) is 28.6 Å². The van der Waals surface area contributed by atoms with E-state index in [4.69, 9.17) is 5.11 Å². The average molecular weight is 151 g/mol. The van der Waals surface area contributed by atoms with E-state index in [0.717, 1.165) is 19.5 Å². The van der Waals surface area contributed by atoms with E-state index in [-0.39, 0.29) is 6.10 Å². The van der Waals surface area contributed by atoms with Crippen molar-refractivity contribution >= 4 is 22.6 Å². The molecule has 8 heavy (non-hydrogen) atoms. The Hall–Kier alpha value is 0.620. The topological polar surface area (TPSA) is 23.5 Å². The lowest BCUT2D eigenvalue weighted by atomic mass is 10.3. The first-order valence-corrected chi connectivity index (χ1v) is 4.40. The highest BCUT2D eigenvalue weighted by Gasteiger charge is 2.18. The molecule has 1 fully saturated rings. The van der Waals surface area contributed by atoms with Crippen molar-refractivity contribution in [3.05, 3.63) is 0 Å². The lowest BCUT2D eigenvalue weighted by molar-refractivity contribution is 0.191. The highest BCUT2D eigenvalue weighted by Crippen LogP contribution is 2.20. The van der Waals surface area contributed by atoms with Gasteiger partial charge in [-0.25, -0.2) is 4.31 Å². The van der Waals surface area contributed by atoms with Gasteiger partial charge in [-0.2, -0.15) is 0 Å². The third kappa shape index (κ3) is 1.55. The van der Waals surface area contributed by atoms with Gasteiger partial charge in [-0.3, -0.25) is 0 Å². The van der Waals surface area contributed by atoms with Crippen LogP contribution in [0.5, 0.6) is 0 Å². The van der Waals surface area contributed by atoms with E-state index in [9.17, 15) is 0 Å². The zero-order chi connectivity index (χ0) is 5.98. The van der Waals surface area contributed by atoms with Gasteiger partial charge in [-0.15, -0.1) is 0 Å². The van der Waals surface area contributed by atoms with Crippen LogP contribution in [0.15, 0.2) is 0 Å². The van der Waals surface area contributed by atoms with Crippen LogP contribution >= 0.6 is 22.6 Å². The van der Waals surface area contributed by atoms with E-state index in [2.05, 4.69) is 11.7 Å². The molecule has 0 aromatic heterocycles. The maximum Gasteiger partial charge on any atom is 0.0689 e. The molecule has 1 saturated heterocycles. The molecule has 0 bridgehead atoms. The summed E-state index contributed by atoms with van der Waals surface area (Å²) < 4.78 is 2.04. The number of hydrogen-bond acceptors (Lipinski definition) is 4. The molecule has 1 aliphatic rings. The number of nitrogens with zero attached hydrogens (tertiary/aromatic N) is 1. The smallest absolute Gasteiger partial charge is 0.0689 e. The van der Waals surface area contributed by atoms with Crippen LogP contribution in [0.3, 0.4) is 0 Å². The largest absolute Gasteiger partial charge is 0.392 e. The Bertz CT molecular complexity index is 80.4. The maximum absolute atomic E-state index is 8.94. The van der Waals surface area contributed by atoms with Gasteiger partial charge in [0.25, 0.3) is 0 Å². The van der Waals surface area contributed by atoms with Gasteiger partial charge in [0.15, 0.2) is 0 Å². The molecule has 1 aliphatic heterocycles. The van der Waals surface area contributed by atoms with Crippen LogP contribution < -0.4 is 0 Å². The Balaban J connectivity index is 2.22. The molecule has 0 spiro atoms. The van der Waals surface area contributed by atoms with Crippen molar-refractivity contribution in [1.29, 1.82) is 0 Å². The molecule has 1 rings (SSSR count). The first kappa shape index (κ1) is 6.74. The molecule has 0 saturated carbocycles. The molecule has 1 N–H and O–H groups in total. The number of thiol groups is 1. The van der Waals surface area contributed by atoms with Gasteiger partial charge in [0.05, 0.1) is 6.10 Å². The zero-order valence-electron chi connectivity index (χ0n) is 4.45. The van der Waals surface area contributed by atoms with Crippen LogP contribution in [0, 0.1) is 0 Å². The van der Waals surface area contributed by atoms with Crippen LogP contribution in [0.2, 0.25) is 0 Å². The van der Waals surface area contributed by atoms with Crippen molar-refractivity contribution in [2.24, 2.45) is 0 Å². The number of aliphatic hydroxyl groups is 1. The molecule has 4 heteroatoms. The number of rotatable bonds is 1. The summed E-state index contributed by atoms with van der Waals surface area (Å²) in [7, 11) is 1.40. The number of aliphatic hydroxyl groups excluding tert-OH is 1. The average Bonchev–Trinajstić information content (AvgIpc) is 2.14. The van der Waals surface area contributed by atoms with Crippen molar-refractivity contribution in [3.63, 3.8) is 0 Å². The minimum absolute atomic E-state index is 0.116. The fourth-order valence-corrected chi connectivity index (χ4v) is 1.66. The van der Waals surface area contributed by atoms with Gasteiger partial charge >= 0.3 is 0 Å². The second-order valence-electron chi connectivity index (χ2n) is 1.91. The van der Waals surface area contributed by atoms with Crippen LogP contribution in [-0.2, 0) is 0 Å². The molecule has 1 unspecified atom stereocenters. The SMILES string of the molecule is OC1CCN(SS)C1. The van der Waals surface area contributed by atoms with Gasteiger partial charge in [0.1, 0.15) is 0 Å². The van der Waals surface area contributed by atoms with Crippen molar-refractivity contribution < 1.29 is 5.11 Å². The second kappa shape index (κ2) is 2.96. The molecule has 1 heterocycles. The predicted molar refractivity (Wildman–Crippen MR) is 38.8 cm³/mol. The Morgan fingerprint density at radius 1 is 1.75 bits per heavy atom. The molecular weight excluding hydrogens is 142 g/mol. The van der Waals surface area contributed by atoms with E-state index in [1.807, 2.05) is 4.31 Å². The van der Waals surface area contributed by atoms with Crippen molar-refractivity contribution in [3.8, 4) is 0 Å². The van der Waals surface area contributed by atoms with Crippen LogP contribution in [0.4, 0.5) is 0 Å². The third-order valence-corrected chi connectivity index (χ3v) is 2.50. The lowest BCUT2D eigenvalue weighted by Gasteiger charge is -2.06. The second-order valence-corrected chi connectivity index (χ2v) is 3.08. The molecule has 0 aromatic carbocycles. The van der Waals surface area contributed by atoms with E-state index in [0.29, 0.717) is 0 Å². The Labute approximate surface area is 58.2 Å². The first-order valence-electron chi connectivity index (χ1n) is 2.57. The summed E-state index contributed by atoms with van der Waals surface area (Å²) in [5, 5.41) is 8.94. The summed E-state index contributed by atoms with van der Waals surface area (Å²) in [6.07, 6.45) is 0.780. The maximum atomic E-state index is 8.94. The van der Waals surface area contributed by atoms with Gasteiger partial charge in [-0.05, 0) is 17.4 Å². The Morgan fingerprint density at radius 3 is 2.75 bits per heavy atom.